The Bertz CT molecular complexity index is 1100. The molecule has 3 aliphatic rings. The van der Waals surface area contributed by atoms with Crippen LogP contribution in [0.2, 0.25) is 0 Å². The molecule has 37 heavy (non-hydrogen) atoms. The molecular formula is C30H41N3O4. The van der Waals surface area contributed by atoms with E-state index in [0.717, 1.165) is 55.2 Å². The van der Waals surface area contributed by atoms with Gasteiger partial charge in [-0.2, -0.15) is 0 Å². The summed E-state index contributed by atoms with van der Waals surface area (Å²) in [7, 11) is 0. The van der Waals surface area contributed by atoms with Gasteiger partial charge in [0.1, 0.15) is 5.75 Å². The van der Waals surface area contributed by atoms with E-state index in [9.17, 15) is 9.90 Å². The van der Waals surface area contributed by atoms with Crippen molar-refractivity contribution in [3.05, 3.63) is 35.8 Å². The van der Waals surface area contributed by atoms with Crippen LogP contribution in [-0.2, 0) is 9.53 Å². The number of carboxylic acids is 1. The topological polar surface area (TPSA) is 84.8 Å². The van der Waals surface area contributed by atoms with Crippen molar-refractivity contribution in [1.29, 1.82) is 0 Å². The van der Waals surface area contributed by atoms with Crippen LogP contribution in [0, 0.1) is 18.3 Å². The number of aromatic nitrogens is 2. The van der Waals surface area contributed by atoms with Gasteiger partial charge in [0.25, 0.3) is 0 Å². The standard InChI is InChI=1S/C30H41N3O4/c1-20-25(27(28(34)35)37-29(2,3)4)26(33-15-13-30(14-16-33)11-5-6-12-30)23(18-31-20)24-10-9-22(17-32-24)36-19-21-7-8-21/h9-10,17-18,21,27H,5-8,11-16,19H2,1-4H3,(H,34,35)/t27-/m0/s1. The third-order valence-electron chi connectivity index (χ3n) is 8.24. The van der Waals surface area contributed by atoms with Crippen molar-refractivity contribution in [2.45, 2.75) is 90.8 Å². The zero-order valence-electron chi connectivity index (χ0n) is 22.8. The SMILES string of the molecule is Cc1ncc(-c2ccc(OCC3CC3)cn2)c(N2CCC3(CCCC3)CC2)c1[C@H](OC(C)(C)C)C(=O)O. The number of aliphatic carboxylic acids is 1. The minimum Gasteiger partial charge on any atom is -0.492 e. The maximum absolute atomic E-state index is 12.6. The van der Waals surface area contributed by atoms with Gasteiger partial charge in [0.2, 0.25) is 0 Å². The second kappa shape index (κ2) is 10.2. The zero-order valence-corrected chi connectivity index (χ0v) is 22.8. The van der Waals surface area contributed by atoms with Crippen LogP contribution in [0.4, 0.5) is 5.69 Å². The average molecular weight is 508 g/mol. The molecule has 0 aromatic carbocycles. The molecule has 7 heteroatoms. The van der Waals surface area contributed by atoms with Crippen LogP contribution in [0.15, 0.2) is 24.5 Å². The monoisotopic (exact) mass is 507 g/mol. The van der Waals surface area contributed by atoms with Crippen LogP contribution in [0.3, 0.4) is 0 Å². The number of rotatable bonds is 8. The summed E-state index contributed by atoms with van der Waals surface area (Å²) in [6, 6.07) is 3.92. The highest BCUT2D eigenvalue weighted by molar-refractivity contribution is 5.85. The fraction of sp³-hybridized carbons (Fsp3) is 0.633. The van der Waals surface area contributed by atoms with Crippen molar-refractivity contribution in [1.82, 2.24) is 9.97 Å². The molecule has 0 amide bonds. The lowest BCUT2D eigenvalue weighted by atomic mass is 9.76. The summed E-state index contributed by atoms with van der Waals surface area (Å²) in [5.74, 6) is 0.436. The molecule has 200 valence electrons. The zero-order chi connectivity index (χ0) is 26.2. The van der Waals surface area contributed by atoms with Crippen molar-refractivity contribution < 1.29 is 19.4 Å². The predicted molar refractivity (Wildman–Crippen MR) is 144 cm³/mol. The molecule has 2 aromatic rings. The number of ether oxygens (including phenoxy) is 2. The number of carboxylic acid groups (broad SMARTS) is 1. The Kier molecular flexibility index (Phi) is 7.18. The van der Waals surface area contributed by atoms with E-state index in [1.165, 1.54) is 38.5 Å². The Hall–Kier alpha value is -2.67. The first-order chi connectivity index (χ1) is 17.6. The molecule has 0 unspecified atom stereocenters. The molecule has 3 heterocycles. The van der Waals surface area contributed by atoms with E-state index < -0.39 is 17.7 Å². The molecule has 1 N–H and O–H groups in total. The molecule has 2 saturated carbocycles. The highest BCUT2D eigenvalue weighted by atomic mass is 16.5. The lowest BCUT2D eigenvalue weighted by molar-refractivity contribution is -0.160. The first-order valence-electron chi connectivity index (χ1n) is 13.9. The van der Waals surface area contributed by atoms with E-state index in [-0.39, 0.29) is 0 Å². The first-order valence-corrected chi connectivity index (χ1v) is 13.9. The molecule has 0 bridgehead atoms. The van der Waals surface area contributed by atoms with Gasteiger partial charge in [-0.1, -0.05) is 12.8 Å². The van der Waals surface area contributed by atoms with Crippen LogP contribution in [0.1, 0.15) is 89.5 Å². The van der Waals surface area contributed by atoms with E-state index in [0.29, 0.717) is 22.6 Å². The average Bonchev–Trinajstić information content (AvgIpc) is 3.59. The Labute approximate surface area is 220 Å². The van der Waals surface area contributed by atoms with Gasteiger partial charge in [-0.3, -0.25) is 9.97 Å². The Morgan fingerprint density at radius 2 is 1.81 bits per heavy atom. The molecule has 0 radical (unpaired) electrons. The van der Waals surface area contributed by atoms with Gasteiger partial charge in [-0.15, -0.1) is 0 Å². The Balaban J connectivity index is 1.54. The molecule has 2 aliphatic carbocycles. The molecular weight excluding hydrogens is 466 g/mol. The summed E-state index contributed by atoms with van der Waals surface area (Å²) in [6.45, 7) is 10.1. The number of anilines is 1. The Morgan fingerprint density at radius 1 is 1.11 bits per heavy atom. The van der Waals surface area contributed by atoms with Crippen LogP contribution in [0.5, 0.6) is 5.75 Å². The summed E-state index contributed by atoms with van der Waals surface area (Å²) in [6.07, 6.45) is 12.5. The maximum Gasteiger partial charge on any atom is 0.337 e. The predicted octanol–water partition coefficient (Wildman–Crippen LogP) is 6.34. The first kappa shape index (κ1) is 26.0. The van der Waals surface area contributed by atoms with E-state index in [1.54, 1.807) is 6.20 Å². The smallest absolute Gasteiger partial charge is 0.337 e. The van der Waals surface area contributed by atoms with Gasteiger partial charge in [-0.05, 0) is 89.7 Å². The quantitative estimate of drug-likeness (QED) is 0.446. The van der Waals surface area contributed by atoms with Gasteiger partial charge in [-0.25, -0.2) is 4.79 Å². The number of hydrogen-bond donors (Lipinski definition) is 1. The van der Waals surface area contributed by atoms with E-state index in [4.69, 9.17) is 14.5 Å². The van der Waals surface area contributed by atoms with Crippen LogP contribution >= 0.6 is 0 Å². The van der Waals surface area contributed by atoms with Crippen molar-refractivity contribution in [3.63, 3.8) is 0 Å². The molecule has 1 atom stereocenters. The van der Waals surface area contributed by atoms with Crippen LogP contribution in [-0.4, -0.2) is 46.3 Å². The third-order valence-corrected chi connectivity index (χ3v) is 8.24. The summed E-state index contributed by atoms with van der Waals surface area (Å²) < 4.78 is 12.1. The lowest BCUT2D eigenvalue weighted by Crippen LogP contribution is -2.40. The number of carbonyl (C=O) groups is 1. The van der Waals surface area contributed by atoms with Gasteiger partial charge < -0.3 is 19.5 Å². The van der Waals surface area contributed by atoms with Crippen molar-refractivity contribution in [3.8, 4) is 17.0 Å². The molecule has 1 spiro atoms. The van der Waals surface area contributed by atoms with Gasteiger partial charge in [0, 0.05) is 36.1 Å². The number of aryl methyl sites for hydroxylation is 1. The molecule has 3 fully saturated rings. The summed E-state index contributed by atoms with van der Waals surface area (Å²) in [5.41, 5.74) is 3.66. The third kappa shape index (κ3) is 5.92. The number of pyridine rings is 2. The van der Waals surface area contributed by atoms with E-state index >= 15 is 0 Å². The molecule has 7 nitrogen and oxygen atoms in total. The highest BCUT2D eigenvalue weighted by Crippen LogP contribution is 2.49. The number of piperidine rings is 1. The van der Waals surface area contributed by atoms with Crippen LogP contribution in [0.25, 0.3) is 11.3 Å². The van der Waals surface area contributed by atoms with Crippen molar-refractivity contribution >= 4 is 11.7 Å². The van der Waals surface area contributed by atoms with Gasteiger partial charge in [0.05, 0.1) is 29.8 Å². The summed E-state index contributed by atoms with van der Waals surface area (Å²) in [4.78, 5) is 24.4. The second-order valence-electron chi connectivity index (χ2n) is 12.3. The molecule has 2 aromatic heterocycles. The second-order valence-corrected chi connectivity index (χ2v) is 12.3. The van der Waals surface area contributed by atoms with Gasteiger partial charge in [0.15, 0.2) is 6.10 Å². The summed E-state index contributed by atoms with van der Waals surface area (Å²) in [5, 5.41) is 10.3. The van der Waals surface area contributed by atoms with Crippen molar-refractivity contribution in [2.75, 3.05) is 24.6 Å². The molecule has 5 rings (SSSR count). The fourth-order valence-electron chi connectivity index (χ4n) is 5.99. The van der Waals surface area contributed by atoms with E-state index in [1.807, 2.05) is 46.0 Å². The van der Waals surface area contributed by atoms with Crippen LogP contribution < -0.4 is 9.64 Å². The summed E-state index contributed by atoms with van der Waals surface area (Å²) >= 11 is 0. The minimum absolute atomic E-state index is 0.450. The normalized spacial score (nSPS) is 20.3. The minimum atomic E-state index is -1.12. The number of hydrogen-bond acceptors (Lipinski definition) is 6. The van der Waals surface area contributed by atoms with Crippen molar-refractivity contribution in [2.24, 2.45) is 11.3 Å². The fourth-order valence-corrected chi connectivity index (χ4v) is 5.99. The molecule has 1 saturated heterocycles. The maximum atomic E-state index is 12.6. The highest BCUT2D eigenvalue weighted by Gasteiger charge is 2.40. The lowest BCUT2D eigenvalue weighted by Gasteiger charge is -2.42. The van der Waals surface area contributed by atoms with Gasteiger partial charge >= 0.3 is 5.97 Å². The number of nitrogens with zero attached hydrogens (tertiary/aromatic N) is 3. The largest absolute Gasteiger partial charge is 0.492 e. The van der Waals surface area contributed by atoms with E-state index in [2.05, 4.69) is 9.88 Å². The molecule has 1 aliphatic heterocycles. The Morgan fingerprint density at radius 3 is 2.38 bits per heavy atom.